The summed E-state index contributed by atoms with van der Waals surface area (Å²) in [4.78, 5) is 24.5. The lowest BCUT2D eigenvalue weighted by molar-refractivity contribution is -0.115. The van der Waals surface area contributed by atoms with E-state index in [1.807, 2.05) is 36.4 Å². The zero-order valence-corrected chi connectivity index (χ0v) is 17.0. The van der Waals surface area contributed by atoms with Crippen LogP contribution in [0.25, 0.3) is 21.8 Å². The first-order valence-electron chi connectivity index (χ1n) is 9.52. The third-order valence-corrected chi connectivity index (χ3v) is 5.29. The van der Waals surface area contributed by atoms with Gasteiger partial charge in [0.1, 0.15) is 5.82 Å². The molecule has 0 unspecified atom stereocenters. The summed E-state index contributed by atoms with van der Waals surface area (Å²) in [5.41, 5.74) is 2.55. The van der Waals surface area contributed by atoms with Crippen LogP contribution in [0, 0.1) is 5.82 Å². The molecule has 4 rings (SSSR count). The highest BCUT2D eigenvalue weighted by Gasteiger charge is 2.17. The van der Waals surface area contributed by atoms with Gasteiger partial charge in [0.2, 0.25) is 5.91 Å². The molecule has 2 amide bonds. The third kappa shape index (κ3) is 3.62. The Kier molecular flexibility index (Phi) is 5.42. The van der Waals surface area contributed by atoms with Gasteiger partial charge >= 0.3 is 0 Å². The van der Waals surface area contributed by atoms with Crippen LogP contribution in [-0.4, -0.2) is 22.9 Å². The summed E-state index contributed by atoms with van der Waals surface area (Å²) in [6.07, 6.45) is 0. The van der Waals surface area contributed by atoms with Gasteiger partial charge < -0.3 is 15.2 Å². The van der Waals surface area contributed by atoms with Crippen LogP contribution in [-0.2, 0) is 11.3 Å². The molecule has 0 radical (unpaired) electrons. The largest absolute Gasteiger partial charge is 0.343 e. The maximum Gasteiger partial charge on any atom is 0.256 e. The van der Waals surface area contributed by atoms with Crippen LogP contribution < -0.4 is 10.6 Å². The number of hydrogen-bond acceptors (Lipinski definition) is 2. The number of hydrogen-bond donors (Lipinski definition) is 2. The summed E-state index contributed by atoms with van der Waals surface area (Å²) in [6.45, 7) is 2.62. The van der Waals surface area contributed by atoms with Gasteiger partial charge in [-0.1, -0.05) is 35.9 Å². The van der Waals surface area contributed by atoms with Crippen molar-refractivity contribution in [3.8, 4) is 0 Å². The fourth-order valence-electron chi connectivity index (χ4n) is 3.64. The summed E-state index contributed by atoms with van der Waals surface area (Å²) in [7, 11) is 0. The molecule has 0 aliphatic heterocycles. The van der Waals surface area contributed by atoms with E-state index in [0.29, 0.717) is 5.69 Å². The summed E-state index contributed by atoms with van der Waals surface area (Å²) >= 11 is 5.88. The van der Waals surface area contributed by atoms with Gasteiger partial charge in [-0.3, -0.25) is 9.59 Å². The van der Waals surface area contributed by atoms with Crippen molar-refractivity contribution in [3.63, 3.8) is 0 Å². The Morgan fingerprint density at radius 2 is 1.77 bits per heavy atom. The number of anilines is 1. The van der Waals surface area contributed by atoms with Crippen LogP contribution in [0.3, 0.4) is 0 Å². The van der Waals surface area contributed by atoms with Crippen LogP contribution in [0.1, 0.15) is 17.3 Å². The van der Waals surface area contributed by atoms with E-state index in [4.69, 9.17) is 11.6 Å². The summed E-state index contributed by atoms with van der Waals surface area (Å²) < 4.78 is 16.0. The van der Waals surface area contributed by atoms with Crippen molar-refractivity contribution in [2.45, 2.75) is 13.5 Å². The van der Waals surface area contributed by atoms with Gasteiger partial charge in [-0.25, -0.2) is 4.39 Å². The predicted octanol–water partition coefficient (Wildman–Crippen LogP) is 4.98. The summed E-state index contributed by atoms with van der Waals surface area (Å²) in [5, 5.41) is 7.30. The number of fused-ring (bicyclic) bond motifs is 3. The molecule has 3 aromatic carbocycles. The highest BCUT2D eigenvalue weighted by Crippen LogP contribution is 2.30. The molecule has 0 spiro atoms. The molecule has 4 aromatic rings. The average molecular weight is 424 g/mol. The minimum absolute atomic E-state index is 0.00864. The number of nitrogens with zero attached hydrogens (tertiary/aromatic N) is 1. The third-order valence-electron chi connectivity index (χ3n) is 4.97. The predicted molar refractivity (Wildman–Crippen MR) is 117 cm³/mol. The highest BCUT2D eigenvalue weighted by molar-refractivity contribution is 6.33. The molecule has 0 atom stereocenters. The van der Waals surface area contributed by atoms with E-state index in [-0.39, 0.29) is 17.1 Å². The molecule has 0 bridgehead atoms. The lowest BCUT2D eigenvalue weighted by atomic mass is 10.1. The Labute approximate surface area is 177 Å². The van der Waals surface area contributed by atoms with Crippen LogP contribution in [0.2, 0.25) is 5.02 Å². The molecule has 30 heavy (non-hydrogen) atoms. The van der Waals surface area contributed by atoms with Crippen LogP contribution in [0.15, 0.2) is 60.7 Å². The second-order valence-electron chi connectivity index (χ2n) is 6.82. The molecule has 5 nitrogen and oxygen atoms in total. The Hall–Kier alpha value is -3.38. The molecule has 2 N–H and O–H groups in total. The number of aromatic nitrogens is 1. The molecular weight excluding hydrogens is 405 g/mol. The molecule has 7 heteroatoms. The van der Waals surface area contributed by atoms with Gasteiger partial charge in [-0.15, -0.1) is 0 Å². The van der Waals surface area contributed by atoms with Gasteiger partial charge in [-0.05, 0) is 43.3 Å². The van der Waals surface area contributed by atoms with E-state index < -0.39 is 17.6 Å². The molecule has 1 heterocycles. The zero-order valence-electron chi connectivity index (χ0n) is 16.2. The number of carbonyl (C=O) groups excluding carboxylic acids is 2. The number of halogens is 2. The number of rotatable bonds is 5. The zero-order chi connectivity index (χ0) is 21.3. The van der Waals surface area contributed by atoms with E-state index in [0.717, 1.165) is 34.4 Å². The first kappa shape index (κ1) is 19.9. The van der Waals surface area contributed by atoms with E-state index in [1.54, 1.807) is 0 Å². The van der Waals surface area contributed by atoms with Gasteiger partial charge in [0.15, 0.2) is 0 Å². The maximum absolute atomic E-state index is 13.8. The smallest absolute Gasteiger partial charge is 0.256 e. The topological polar surface area (TPSA) is 63.1 Å². The number of benzene rings is 3. The quantitative estimate of drug-likeness (QED) is 0.475. The Balaban J connectivity index is 1.51. The van der Waals surface area contributed by atoms with Gasteiger partial charge in [0.05, 0.1) is 17.1 Å². The summed E-state index contributed by atoms with van der Waals surface area (Å²) in [6, 6.07) is 17.8. The standard InChI is InChI=1S/C23H19ClFN3O2/c1-2-28-19-9-4-3-6-15(19)16-12-14(10-11-20(16)28)27-21(29)13-26-23(30)22-17(24)7-5-8-18(22)25/h3-12H,2,13H2,1H3,(H,26,30)(H,27,29). The number of para-hydroxylation sites is 1. The maximum atomic E-state index is 13.8. The first-order chi connectivity index (χ1) is 14.5. The Bertz CT molecular complexity index is 1260. The molecule has 0 saturated carbocycles. The molecular formula is C23H19ClFN3O2. The highest BCUT2D eigenvalue weighted by atomic mass is 35.5. The van der Waals surface area contributed by atoms with E-state index in [9.17, 15) is 14.0 Å². The molecule has 0 fully saturated rings. The van der Waals surface area contributed by atoms with E-state index in [1.165, 1.54) is 12.1 Å². The van der Waals surface area contributed by atoms with Crippen LogP contribution in [0.5, 0.6) is 0 Å². The van der Waals surface area contributed by atoms with Gasteiger partial charge in [0, 0.05) is 34.0 Å². The Morgan fingerprint density at radius 1 is 1.00 bits per heavy atom. The fraction of sp³-hybridized carbons (Fsp3) is 0.130. The van der Waals surface area contributed by atoms with Crippen LogP contribution in [0.4, 0.5) is 10.1 Å². The number of aryl methyl sites for hydroxylation is 1. The molecule has 152 valence electrons. The van der Waals surface area contributed by atoms with Crippen molar-refractivity contribution >= 4 is 50.9 Å². The van der Waals surface area contributed by atoms with Crippen molar-refractivity contribution in [2.24, 2.45) is 0 Å². The second kappa shape index (κ2) is 8.16. The molecule has 0 saturated heterocycles. The van der Waals surface area contributed by atoms with Crippen LogP contribution >= 0.6 is 11.6 Å². The Morgan fingerprint density at radius 3 is 2.53 bits per heavy atom. The van der Waals surface area contributed by atoms with E-state index in [2.05, 4.69) is 28.2 Å². The number of carbonyl (C=O) groups is 2. The van der Waals surface area contributed by atoms with Gasteiger partial charge in [0.25, 0.3) is 5.91 Å². The monoisotopic (exact) mass is 423 g/mol. The lowest BCUT2D eigenvalue weighted by Crippen LogP contribution is -2.33. The number of amides is 2. The average Bonchev–Trinajstić information content (AvgIpc) is 3.05. The fourth-order valence-corrected chi connectivity index (χ4v) is 3.89. The number of nitrogens with one attached hydrogen (secondary N) is 2. The minimum atomic E-state index is -0.741. The molecule has 0 aliphatic rings. The molecule has 1 aromatic heterocycles. The van der Waals surface area contributed by atoms with Crippen molar-refractivity contribution in [1.82, 2.24) is 9.88 Å². The van der Waals surface area contributed by atoms with Gasteiger partial charge in [-0.2, -0.15) is 0 Å². The SMILES string of the molecule is CCn1c2ccccc2c2cc(NC(=O)CNC(=O)c3c(F)cccc3Cl)ccc21. The van der Waals surface area contributed by atoms with Crippen molar-refractivity contribution in [3.05, 3.63) is 77.1 Å². The second-order valence-corrected chi connectivity index (χ2v) is 7.23. The summed E-state index contributed by atoms with van der Waals surface area (Å²) in [5.74, 6) is -1.90. The minimum Gasteiger partial charge on any atom is -0.343 e. The van der Waals surface area contributed by atoms with E-state index >= 15 is 0 Å². The molecule has 0 aliphatic carbocycles. The van der Waals surface area contributed by atoms with Crippen molar-refractivity contribution < 1.29 is 14.0 Å². The van der Waals surface area contributed by atoms with Crippen molar-refractivity contribution in [1.29, 1.82) is 0 Å². The normalized spacial score (nSPS) is 11.0. The lowest BCUT2D eigenvalue weighted by Gasteiger charge is -2.09. The first-order valence-corrected chi connectivity index (χ1v) is 9.90. The van der Waals surface area contributed by atoms with Crippen molar-refractivity contribution in [2.75, 3.05) is 11.9 Å².